The lowest BCUT2D eigenvalue weighted by Gasteiger charge is -2.36. The van der Waals surface area contributed by atoms with Crippen LogP contribution in [0.4, 0.5) is 0 Å². The third-order valence-corrected chi connectivity index (χ3v) is 5.71. The zero-order valence-corrected chi connectivity index (χ0v) is 13.2. The Morgan fingerprint density at radius 2 is 2.05 bits per heavy atom. The number of aromatic amines is 1. The summed E-state index contributed by atoms with van der Waals surface area (Å²) in [6, 6.07) is 4.62. The molecular formula is C17H26N4O. The Kier molecular flexibility index (Phi) is 3.92. The predicted molar refractivity (Wildman–Crippen MR) is 85.8 cm³/mol. The molecule has 5 nitrogen and oxygen atoms in total. The van der Waals surface area contributed by atoms with Crippen LogP contribution in [0.25, 0.3) is 0 Å². The Labute approximate surface area is 132 Å². The molecule has 5 heteroatoms. The van der Waals surface area contributed by atoms with Crippen LogP contribution in [-0.2, 0) is 0 Å². The van der Waals surface area contributed by atoms with Crippen LogP contribution in [0.3, 0.4) is 0 Å². The highest BCUT2D eigenvalue weighted by atomic mass is 16.2. The van der Waals surface area contributed by atoms with Crippen molar-refractivity contribution >= 4 is 5.91 Å². The molecule has 1 amide bonds. The maximum Gasteiger partial charge on any atom is 0.270 e. The number of hydrogen-bond donors (Lipinski definition) is 1. The second kappa shape index (κ2) is 6.05. The third kappa shape index (κ3) is 2.79. The number of amides is 1. The van der Waals surface area contributed by atoms with Crippen molar-refractivity contribution < 1.29 is 4.79 Å². The summed E-state index contributed by atoms with van der Waals surface area (Å²) in [5.74, 6) is 1.13. The minimum atomic E-state index is 0.140. The van der Waals surface area contributed by atoms with Crippen LogP contribution in [0.15, 0.2) is 18.3 Å². The number of rotatable bonds is 4. The van der Waals surface area contributed by atoms with Crippen LogP contribution < -0.4 is 0 Å². The van der Waals surface area contributed by atoms with Crippen molar-refractivity contribution in [3.05, 3.63) is 24.0 Å². The van der Waals surface area contributed by atoms with E-state index >= 15 is 0 Å². The fourth-order valence-electron chi connectivity index (χ4n) is 4.38. The Hall–Kier alpha value is -1.33. The van der Waals surface area contributed by atoms with Gasteiger partial charge in [-0.3, -0.25) is 14.6 Å². The highest BCUT2D eigenvalue weighted by molar-refractivity contribution is 5.92. The van der Waals surface area contributed by atoms with Crippen molar-refractivity contribution in [3.8, 4) is 0 Å². The monoisotopic (exact) mass is 302 g/mol. The van der Waals surface area contributed by atoms with Gasteiger partial charge in [-0.15, -0.1) is 0 Å². The lowest BCUT2D eigenvalue weighted by molar-refractivity contribution is 0.0611. The van der Waals surface area contributed by atoms with Crippen LogP contribution in [0, 0.1) is 5.92 Å². The summed E-state index contributed by atoms with van der Waals surface area (Å²) in [5.41, 5.74) is 0.710. The molecule has 0 unspecified atom stereocenters. The molecule has 0 aromatic carbocycles. The van der Waals surface area contributed by atoms with Gasteiger partial charge in [-0.1, -0.05) is 0 Å². The average molecular weight is 302 g/mol. The van der Waals surface area contributed by atoms with Gasteiger partial charge in [0.2, 0.25) is 0 Å². The molecule has 2 bridgehead atoms. The summed E-state index contributed by atoms with van der Waals surface area (Å²) in [6.07, 6.45) is 6.13. The topological polar surface area (TPSA) is 42.6 Å². The lowest BCUT2D eigenvalue weighted by Crippen LogP contribution is -2.50. The van der Waals surface area contributed by atoms with Crippen LogP contribution in [-0.4, -0.2) is 77.4 Å². The van der Waals surface area contributed by atoms with Crippen molar-refractivity contribution in [2.45, 2.75) is 25.3 Å². The van der Waals surface area contributed by atoms with Gasteiger partial charge in [0.25, 0.3) is 5.91 Å². The van der Waals surface area contributed by atoms with Gasteiger partial charge in [0.05, 0.1) is 0 Å². The molecule has 1 N–H and O–H groups in total. The van der Waals surface area contributed by atoms with E-state index in [1.807, 2.05) is 23.2 Å². The number of nitrogens with zero attached hydrogens (tertiary/aromatic N) is 3. The predicted octanol–water partition coefficient (Wildman–Crippen LogP) is 1.26. The summed E-state index contributed by atoms with van der Waals surface area (Å²) >= 11 is 0. The van der Waals surface area contributed by atoms with E-state index in [0.717, 1.165) is 44.7 Å². The summed E-state index contributed by atoms with van der Waals surface area (Å²) in [6.45, 7) is 7.42. The van der Waals surface area contributed by atoms with E-state index in [1.54, 1.807) is 0 Å². The second-order valence-corrected chi connectivity index (χ2v) is 7.05. The van der Waals surface area contributed by atoms with E-state index in [2.05, 4.69) is 14.8 Å². The van der Waals surface area contributed by atoms with Gasteiger partial charge in [-0.2, -0.15) is 0 Å². The first-order chi connectivity index (χ1) is 10.8. The smallest absolute Gasteiger partial charge is 0.270 e. The Morgan fingerprint density at radius 3 is 2.68 bits per heavy atom. The zero-order chi connectivity index (χ0) is 14.9. The molecule has 3 heterocycles. The largest absolute Gasteiger partial charge is 0.357 e. The highest BCUT2D eigenvalue weighted by Gasteiger charge is 2.37. The molecule has 120 valence electrons. The van der Waals surface area contributed by atoms with Gasteiger partial charge in [0.1, 0.15) is 5.69 Å². The van der Waals surface area contributed by atoms with Crippen LogP contribution in [0.1, 0.15) is 29.8 Å². The summed E-state index contributed by atoms with van der Waals surface area (Å²) < 4.78 is 0. The number of piperazine rings is 1. The molecule has 1 aromatic heterocycles. The summed E-state index contributed by atoms with van der Waals surface area (Å²) in [7, 11) is 0. The molecule has 0 radical (unpaired) electrons. The zero-order valence-electron chi connectivity index (χ0n) is 13.2. The molecule has 1 saturated carbocycles. The molecule has 4 rings (SSSR count). The molecule has 1 aromatic rings. The first-order valence-corrected chi connectivity index (χ1v) is 8.68. The number of hydrogen-bond acceptors (Lipinski definition) is 3. The number of aromatic nitrogens is 1. The van der Waals surface area contributed by atoms with E-state index < -0.39 is 0 Å². The molecule has 2 saturated heterocycles. The van der Waals surface area contributed by atoms with E-state index in [-0.39, 0.29) is 5.91 Å². The van der Waals surface area contributed by atoms with Crippen LogP contribution >= 0.6 is 0 Å². The number of piperidine rings is 1. The Morgan fingerprint density at radius 1 is 1.18 bits per heavy atom. The number of carbonyl (C=O) groups is 1. The maximum absolute atomic E-state index is 12.3. The lowest BCUT2D eigenvalue weighted by atomic mass is 10.1. The van der Waals surface area contributed by atoms with Gasteiger partial charge in [-0.25, -0.2) is 0 Å². The van der Waals surface area contributed by atoms with Crippen molar-refractivity contribution in [2.24, 2.45) is 5.92 Å². The quantitative estimate of drug-likeness (QED) is 0.910. The van der Waals surface area contributed by atoms with Gasteiger partial charge in [-0.05, 0) is 37.3 Å². The van der Waals surface area contributed by atoms with Crippen molar-refractivity contribution in [2.75, 3.05) is 45.8 Å². The summed E-state index contributed by atoms with van der Waals surface area (Å²) in [4.78, 5) is 22.5. The van der Waals surface area contributed by atoms with Gasteiger partial charge >= 0.3 is 0 Å². The molecule has 3 aliphatic rings. The molecule has 22 heavy (non-hydrogen) atoms. The number of H-pyrrole nitrogens is 1. The standard InChI is InChI=1S/C17H26N4O/c22-17(16-2-1-5-18-16)20-9-6-19(7-10-20)8-11-21-13-14-3-4-15(21)12-14/h1-2,5,14-15,18H,3-4,6-13H2/t14-,15+/m0/s1. The molecule has 2 aliphatic heterocycles. The SMILES string of the molecule is O=C(c1ccc[nH]1)N1CCN(CCN2C[C@H]3CC[C@@H]2C3)CC1. The van der Waals surface area contributed by atoms with Gasteiger partial charge in [0, 0.05) is 58.1 Å². The molecule has 2 atom stereocenters. The van der Waals surface area contributed by atoms with Crippen molar-refractivity contribution in [1.29, 1.82) is 0 Å². The minimum Gasteiger partial charge on any atom is -0.357 e. The highest BCUT2D eigenvalue weighted by Crippen LogP contribution is 2.36. The normalized spacial score (nSPS) is 29.4. The van der Waals surface area contributed by atoms with Crippen LogP contribution in [0.2, 0.25) is 0 Å². The van der Waals surface area contributed by atoms with E-state index in [0.29, 0.717) is 5.69 Å². The van der Waals surface area contributed by atoms with Crippen molar-refractivity contribution in [1.82, 2.24) is 19.7 Å². The first-order valence-electron chi connectivity index (χ1n) is 8.68. The number of carbonyl (C=O) groups excluding carboxylic acids is 1. The molecular weight excluding hydrogens is 276 g/mol. The Bertz CT molecular complexity index is 507. The van der Waals surface area contributed by atoms with E-state index in [1.165, 1.54) is 32.4 Å². The molecule has 1 aliphatic carbocycles. The maximum atomic E-state index is 12.3. The second-order valence-electron chi connectivity index (χ2n) is 7.05. The van der Waals surface area contributed by atoms with Gasteiger partial charge < -0.3 is 9.88 Å². The summed E-state index contributed by atoms with van der Waals surface area (Å²) in [5, 5.41) is 0. The third-order valence-electron chi connectivity index (χ3n) is 5.71. The average Bonchev–Trinajstić information content (AvgIpc) is 3.29. The van der Waals surface area contributed by atoms with E-state index in [4.69, 9.17) is 0 Å². The minimum absolute atomic E-state index is 0.140. The number of fused-ring (bicyclic) bond motifs is 2. The fraction of sp³-hybridized carbons (Fsp3) is 0.706. The molecule has 0 spiro atoms. The van der Waals surface area contributed by atoms with Gasteiger partial charge in [0.15, 0.2) is 0 Å². The Balaban J connectivity index is 1.22. The fourth-order valence-corrected chi connectivity index (χ4v) is 4.38. The first kappa shape index (κ1) is 14.3. The number of nitrogens with one attached hydrogen (secondary N) is 1. The van der Waals surface area contributed by atoms with Crippen LogP contribution in [0.5, 0.6) is 0 Å². The number of likely N-dealkylation sites (tertiary alicyclic amines) is 1. The van der Waals surface area contributed by atoms with E-state index in [9.17, 15) is 4.79 Å². The molecule has 3 fully saturated rings. The van der Waals surface area contributed by atoms with Crippen molar-refractivity contribution in [3.63, 3.8) is 0 Å².